The van der Waals surface area contributed by atoms with E-state index in [9.17, 15) is 18.8 Å². The number of rotatable bonds is 7. The van der Waals surface area contributed by atoms with Gasteiger partial charge in [-0.2, -0.15) is 16.1 Å². The van der Waals surface area contributed by atoms with Crippen LogP contribution in [0.4, 0.5) is 10.2 Å². The number of anilines is 1. The number of imidazole rings is 1. The molecule has 0 fully saturated rings. The molecule has 4 aromatic rings. The van der Waals surface area contributed by atoms with Gasteiger partial charge in [0.05, 0.1) is 16.4 Å². The van der Waals surface area contributed by atoms with Crippen molar-refractivity contribution in [3.8, 4) is 0 Å². The summed E-state index contributed by atoms with van der Waals surface area (Å²) in [7, 11) is 0. The van der Waals surface area contributed by atoms with E-state index in [1.165, 1.54) is 34.3 Å². The number of aromatic nitrogens is 3. The van der Waals surface area contributed by atoms with Gasteiger partial charge in [-0.1, -0.05) is 29.8 Å². The minimum absolute atomic E-state index is 0.0439. The average molecular weight is 559 g/mol. The highest BCUT2D eigenvalue weighted by Gasteiger charge is 2.36. The van der Waals surface area contributed by atoms with Gasteiger partial charge in [-0.15, -0.1) is 0 Å². The lowest BCUT2D eigenvalue weighted by Gasteiger charge is -2.28. The summed E-state index contributed by atoms with van der Waals surface area (Å²) >= 11 is 9.12. The first-order valence-corrected chi connectivity index (χ1v) is 13.7. The topological polar surface area (TPSA) is 118 Å². The molecule has 0 bridgehead atoms. The largest absolute Gasteiger partial charge is 0.349 e. The van der Waals surface area contributed by atoms with E-state index in [0.29, 0.717) is 23.4 Å². The fourth-order valence-electron chi connectivity index (χ4n) is 4.12. The molecule has 13 heteroatoms. The number of fused-ring (bicyclic) bond motifs is 2. The van der Waals surface area contributed by atoms with Gasteiger partial charge in [0.1, 0.15) is 18.1 Å². The van der Waals surface area contributed by atoms with Crippen molar-refractivity contribution < 1.29 is 18.8 Å². The first kappa shape index (κ1) is 25.2. The molecule has 0 saturated carbocycles. The van der Waals surface area contributed by atoms with Gasteiger partial charge < -0.3 is 20.5 Å². The molecule has 3 heterocycles. The summed E-state index contributed by atoms with van der Waals surface area (Å²) in [6, 6.07) is 10.1. The lowest BCUT2D eigenvalue weighted by molar-refractivity contribution is -0.123. The summed E-state index contributed by atoms with van der Waals surface area (Å²) in [5.41, 5.74) is 0.767. The Labute approximate surface area is 224 Å². The molecule has 1 unspecified atom stereocenters. The Morgan fingerprint density at radius 3 is 2.89 bits per heavy atom. The Morgan fingerprint density at radius 2 is 2.08 bits per heavy atom. The third kappa shape index (κ3) is 4.91. The molecule has 1 aliphatic heterocycles. The van der Waals surface area contributed by atoms with E-state index in [1.54, 1.807) is 23.9 Å². The van der Waals surface area contributed by atoms with Gasteiger partial charge in [0.25, 0.3) is 11.8 Å². The second-order valence-electron chi connectivity index (χ2n) is 8.15. The van der Waals surface area contributed by atoms with E-state index >= 15 is 0 Å². The minimum atomic E-state index is -0.966. The van der Waals surface area contributed by atoms with Gasteiger partial charge in [0, 0.05) is 28.3 Å². The zero-order chi connectivity index (χ0) is 26.1. The normalized spacial score (nSPS) is 14.8. The maximum absolute atomic E-state index is 14.2. The van der Waals surface area contributed by atoms with Crippen LogP contribution in [0.5, 0.6) is 0 Å². The van der Waals surface area contributed by atoms with Crippen LogP contribution in [0.2, 0.25) is 5.02 Å². The fourth-order valence-corrected chi connectivity index (χ4v) is 5.43. The van der Waals surface area contributed by atoms with Crippen LogP contribution in [-0.2, 0) is 11.3 Å². The summed E-state index contributed by atoms with van der Waals surface area (Å²) in [5, 5.41) is 9.20. The van der Waals surface area contributed by atoms with Crippen molar-refractivity contribution in [2.75, 3.05) is 23.9 Å². The van der Waals surface area contributed by atoms with E-state index in [-0.39, 0.29) is 34.5 Å². The molecule has 1 atom stereocenters. The van der Waals surface area contributed by atoms with Crippen LogP contribution < -0.4 is 16.0 Å². The molecular weight excluding hydrogens is 539 g/mol. The van der Waals surface area contributed by atoms with Crippen molar-refractivity contribution in [3.05, 3.63) is 76.1 Å². The van der Waals surface area contributed by atoms with Crippen molar-refractivity contribution in [2.45, 2.75) is 12.6 Å². The van der Waals surface area contributed by atoms with Gasteiger partial charge in [-0.3, -0.25) is 14.4 Å². The maximum Gasteiger partial charge on any atom is 0.287 e. The Hall–Kier alpha value is -3.48. The van der Waals surface area contributed by atoms with Gasteiger partial charge >= 0.3 is 0 Å². The Morgan fingerprint density at radius 1 is 1.27 bits per heavy atom. The summed E-state index contributed by atoms with van der Waals surface area (Å²) < 4.78 is 20.7. The average Bonchev–Trinajstić information content (AvgIpc) is 3.47. The van der Waals surface area contributed by atoms with Crippen molar-refractivity contribution in [1.29, 1.82) is 0 Å². The van der Waals surface area contributed by atoms with E-state index in [4.69, 9.17) is 11.6 Å². The highest BCUT2D eigenvalue weighted by molar-refractivity contribution is 7.98. The summed E-state index contributed by atoms with van der Waals surface area (Å²) in [6.45, 7) is 0.173. The fraction of sp³-hybridized carbons (Fsp3) is 0.208. The highest BCUT2D eigenvalue weighted by atomic mass is 35.5. The van der Waals surface area contributed by atoms with Crippen LogP contribution >= 0.6 is 34.9 Å². The van der Waals surface area contributed by atoms with Gasteiger partial charge in [-0.05, 0) is 42.1 Å². The molecule has 5 rings (SSSR count). The van der Waals surface area contributed by atoms with Crippen LogP contribution in [0, 0.1) is 5.82 Å². The zero-order valence-electron chi connectivity index (χ0n) is 19.4. The zero-order valence-corrected chi connectivity index (χ0v) is 21.8. The van der Waals surface area contributed by atoms with Crippen molar-refractivity contribution in [1.82, 2.24) is 24.6 Å². The van der Waals surface area contributed by atoms with Crippen LogP contribution in [0.3, 0.4) is 0 Å². The highest BCUT2D eigenvalue weighted by Crippen LogP contribution is 2.36. The van der Waals surface area contributed by atoms with Crippen molar-refractivity contribution >= 4 is 68.5 Å². The molecule has 0 aliphatic carbocycles. The Balaban J connectivity index is 1.61. The number of hydrogen-bond acceptors (Lipinski definition) is 7. The number of amides is 3. The van der Waals surface area contributed by atoms with Gasteiger partial charge in [-0.25, -0.2) is 9.37 Å². The number of nitrogens with one attached hydrogen (secondary N) is 3. The predicted octanol–water partition coefficient (Wildman–Crippen LogP) is 3.85. The number of hydrogen-bond donors (Lipinski definition) is 3. The van der Waals surface area contributed by atoms with Crippen LogP contribution in [-0.4, -0.2) is 50.2 Å². The van der Waals surface area contributed by atoms with Crippen molar-refractivity contribution in [3.63, 3.8) is 0 Å². The number of thioether (sulfide) groups is 1. The molecule has 2 aromatic carbocycles. The lowest BCUT2D eigenvalue weighted by Crippen LogP contribution is -2.41. The molecule has 190 valence electrons. The maximum atomic E-state index is 14.2. The smallest absolute Gasteiger partial charge is 0.287 e. The summed E-state index contributed by atoms with van der Waals surface area (Å²) in [5.74, 6) is -1.34. The van der Waals surface area contributed by atoms with E-state index < -0.39 is 29.6 Å². The molecule has 0 radical (unpaired) electrons. The first-order valence-electron chi connectivity index (χ1n) is 11.1. The predicted molar refractivity (Wildman–Crippen MR) is 142 cm³/mol. The first-order chi connectivity index (χ1) is 17.9. The number of carbonyl (C=O) groups excluding carboxylic acids is 3. The second kappa shape index (κ2) is 10.5. The molecule has 37 heavy (non-hydrogen) atoms. The molecule has 3 N–H and O–H groups in total. The SMILES string of the molecule is CSCCNC(=O)c1nc(NC(=O)c2nsc3ccccc23)c2n1CC(=O)NC2c1cc(F)ccc1Cl. The molecule has 2 aromatic heterocycles. The lowest BCUT2D eigenvalue weighted by atomic mass is 10.0. The standard InChI is InChI=1S/C24H20ClFN6O3S2/c1-36-9-8-27-24(35)22-29-21(30-23(34)19-13-4-2-3-5-16(13)37-31-19)20-18(28-17(33)11-32(20)22)14-10-12(26)6-7-15(14)25/h2-7,10,18H,8-9,11H2,1H3,(H,27,35)(H,28,33)(H,30,34). The second-order valence-corrected chi connectivity index (χ2v) is 10.3. The number of carbonyl (C=O) groups is 3. The Kier molecular flexibility index (Phi) is 7.13. The minimum Gasteiger partial charge on any atom is -0.349 e. The van der Waals surface area contributed by atoms with Crippen LogP contribution in [0.15, 0.2) is 42.5 Å². The van der Waals surface area contributed by atoms with Gasteiger partial charge in [0.15, 0.2) is 5.82 Å². The quantitative estimate of drug-likeness (QED) is 0.297. The summed E-state index contributed by atoms with van der Waals surface area (Å²) in [4.78, 5) is 43.4. The van der Waals surface area contributed by atoms with E-state index in [2.05, 4.69) is 25.3 Å². The van der Waals surface area contributed by atoms with Crippen molar-refractivity contribution in [2.24, 2.45) is 0 Å². The molecule has 3 amide bonds. The Bertz CT molecular complexity index is 1540. The molecule has 0 saturated heterocycles. The summed E-state index contributed by atoms with van der Waals surface area (Å²) in [6.07, 6.45) is 1.91. The molecular formula is C24H20ClFN6O3S2. The molecule has 1 aliphatic rings. The number of benzene rings is 2. The van der Waals surface area contributed by atoms with Gasteiger partial charge in [0.2, 0.25) is 11.7 Å². The monoisotopic (exact) mass is 558 g/mol. The third-order valence-corrected chi connectivity index (χ3v) is 7.56. The third-order valence-electron chi connectivity index (χ3n) is 5.78. The van der Waals surface area contributed by atoms with Crippen LogP contribution in [0.1, 0.15) is 38.4 Å². The van der Waals surface area contributed by atoms with Crippen LogP contribution in [0.25, 0.3) is 10.1 Å². The number of halogens is 2. The van der Waals surface area contributed by atoms with E-state index in [1.807, 2.05) is 18.4 Å². The van der Waals surface area contributed by atoms with E-state index in [0.717, 1.165) is 4.70 Å². The molecule has 9 nitrogen and oxygen atoms in total. The molecule has 0 spiro atoms. The number of nitrogens with zero attached hydrogens (tertiary/aromatic N) is 3.